The molecule has 1 nitrogen and oxygen atoms in total. The Kier molecular flexibility index (Phi) is 7.06. The van der Waals surface area contributed by atoms with Crippen molar-refractivity contribution in [3.63, 3.8) is 0 Å². The van der Waals surface area contributed by atoms with Gasteiger partial charge in [-0.25, -0.2) is 8.78 Å². The zero-order valence-electron chi connectivity index (χ0n) is 17.5. The van der Waals surface area contributed by atoms with Crippen molar-refractivity contribution in [2.45, 2.75) is 96.8 Å². The van der Waals surface area contributed by atoms with Crippen LogP contribution in [-0.4, -0.2) is 5.78 Å². The van der Waals surface area contributed by atoms with E-state index in [4.69, 9.17) is 0 Å². The quantitative estimate of drug-likeness (QED) is 0.427. The number of Topliss-reactive ketones (excluding diaryl/α,β-unsaturated/α-hetero) is 1. The summed E-state index contributed by atoms with van der Waals surface area (Å²) in [6.45, 7) is 2.48. The minimum absolute atomic E-state index is 0.0399. The fourth-order valence-electron chi connectivity index (χ4n) is 5.06. The number of allylic oxidation sites excluding steroid dienone is 2. The van der Waals surface area contributed by atoms with Crippen LogP contribution >= 0.6 is 0 Å². The van der Waals surface area contributed by atoms with E-state index in [0.29, 0.717) is 18.4 Å². The van der Waals surface area contributed by atoms with Crippen LogP contribution in [0.1, 0.15) is 94.7 Å². The Hall–Kier alpha value is -1.51. The fraction of sp³-hybridized carbons (Fsp3) is 0.640. The maximum absolute atomic E-state index is 14.2. The minimum atomic E-state index is -2.87. The molecule has 0 unspecified atom stereocenters. The number of hydrogen-bond acceptors (Lipinski definition) is 1. The lowest BCUT2D eigenvalue weighted by Crippen LogP contribution is -2.13. The van der Waals surface area contributed by atoms with Gasteiger partial charge in [-0.2, -0.15) is 0 Å². The van der Waals surface area contributed by atoms with Crippen LogP contribution in [0.25, 0.3) is 0 Å². The largest absolute Gasteiger partial charge is 0.300 e. The number of aryl methyl sites for hydroxylation is 2. The smallest absolute Gasteiger partial charge is 0.270 e. The third-order valence-electron chi connectivity index (χ3n) is 6.59. The summed E-state index contributed by atoms with van der Waals surface area (Å²) >= 11 is 0. The molecule has 0 aliphatic heterocycles. The molecule has 0 heterocycles. The first kappa shape index (κ1) is 21.2. The van der Waals surface area contributed by atoms with Gasteiger partial charge in [-0.1, -0.05) is 36.1 Å². The number of benzene rings is 1. The summed E-state index contributed by atoms with van der Waals surface area (Å²) in [6.07, 6.45) is 13.0. The van der Waals surface area contributed by atoms with Crippen molar-refractivity contribution in [3.05, 3.63) is 46.0 Å². The summed E-state index contributed by atoms with van der Waals surface area (Å²) < 4.78 is 28.4. The molecule has 1 aromatic rings. The predicted molar refractivity (Wildman–Crippen MR) is 111 cm³/mol. The molecule has 0 atom stereocenters. The average molecular weight is 389 g/mol. The first-order valence-electron chi connectivity index (χ1n) is 11.0. The number of rotatable bonds is 8. The number of hydrogen-bond donors (Lipinski definition) is 0. The van der Waals surface area contributed by atoms with E-state index < -0.39 is 5.92 Å². The molecule has 0 radical (unpaired) electrons. The van der Waals surface area contributed by atoms with Crippen molar-refractivity contribution in [2.24, 2.45) is 5.92 Å². The Morgan fingerprint density at radius 2 is 1.75 bits per heavy atom. The Balaban J connectivity index is 1.75. The van der Waals surface area contributed by atoms with Gasteiger partial charge in [0.15, 0.2) is 0 Å². The van der Waals surface area contributed by atoms with Gasteiger partial charge in [-0.05, 0) is 87.8 Å². The second-order valence-electron chi connectivity index (χ2n) is 8.90. The Labute approximate surface area is 168 Å². The van der Waals surface area contributed by atoms with E-state index >= 15 is 0 Å². The van der Waals surface area contributed by atoms with E-state index in [1.807, 2.05) is 12.1 Å². The molecule has 3 rings (SSSR count). The molecule has 0 amide bonds. The lowest BCUT2D eigenvalue weighted by atomic mass is 9.81. The summed E-state index contributed by atoms with van der Waals surface area (Å²) in [5.41, 5.74) is 5.02. The molecule has 1 aromatic carbocycles. The second kappa shape index (κ2) is 9.33. The molecule has 154 valence electrons. The standard InChI is InChI=1S/C25H34F2O/c1-18(28)11-14-22-16-13-19(17-24(22)25(2,26)27)12-15-21-9-5-6-10-23(21)20-7-3-4-8-20/h13,16-17,20H,3-12,14-15H2,1-2H3. The second-order valence-corrected chi connectivity index (χ2v) is 8.90. The van der Waals surface area contributed by atoms with Crippen LogP contribution in [0.3, 0.4) is 0 Å². The van der Waals surface area contributed by atoms with Crippen molar-refractivity contribution >= 4 is 5.78 Å². The van der Waals surface area contributed by atoms with E-state index in [-0.39, 0.29) is 11.3 Å². The SMILES string of the molecule is CC(=O)CCc1ccc(CCC2=C(C3CCCC3)CCCC2)cc1C(C)(F)F. The third kappa shape index (κ3) is 5.52. The summed E-state index contributed by atoms with van der Waals surface area (Å²) in [6, 6.07) is 5.50. The summed E-state index contributed by atoms with van der Waals surface area (Å²) in [7, 11) is 0. The number of halogens is 2. The topological polar surface area (TPSA) is 17.1 Å². The van der Waals surface area contributed by atoms with E-state index in [1.165, 1.54) is 58.3 Å². The zero-order valence-corrected chi connectivity index (χ0v) is 17.5. The van der Waals surface area contributed by atoms with Gasteiger partial charge < -0.3 is 4.79 Å². The van der Waals surface area contributed by atoms with Gasteiger partial charge in [0.1, 0.15) is 5.78 Å². The van der Waals surface area contributed by atoms with Gasteiger partial charge in [-0.3, -0.25) is 0 Å². The molecule has 0 N–H and O–H groups in total. The summed E-state index contributed by atoms with van der Waals surface area (Å²) in [5, 5.41) is 0. The van der Waals surface area contributed by atoms with Gasteiger partial charge in [0, 0.05) is 18.9 Å². The first-order chi connectivity index (χ1) is 13.3. The highest BCUT2D eigenvalue weighted by atomic mass is 19.3. The molecule has 1 saturated carbocycles. The maximum Gasteiger partial charge on any atom is 0.270 e. The Morgan fingerprint density at radius 1 is 1.04 bits per heavy atom. The first-order valence-corrected chi connectivity index (χ1v) is 11.0. The predicted octanol–water partition coefficient (Wildman–Crippen LogP) is 7.31. The lowest BCUT2D eigenvalue weighted by molar-refractivity contribution is -0.117. The normalized spacial score (nSPS) is 18.7. The molecule has 28 heavy (non-hydrogen) atoms. The van der Waals surface area contributed by atoms with Crippen LogP contribution in [-0.2, 0) is 23.6 Å². The Morgan fingerprint density at radius 3 is 2.43 bits per heavy atom. The number of carbonyl (C=O) groups excluding carboxylic acids is 1. The van der Waals surface area contributed by atoms with Gasteiger partial charge in [0.25, 0.3) is 5.92 Å². The molecule has 0 aromatic heterocycles. The van der Waals surface area contributed by atoms with Crippen molar-refractivity contribution in [1.82, 2.24) is 0 Å². The van der Waals surface area contributed by atoms with Crippen LogP contribution in [0.5, 0.6) is 0 Å². The molecular formula is C25H34F2O. The van der Waals surface area contributed by atoms with E-state index in [0.717, 1.165) is 31.2 Å². The highest BCUT2D eigenvalue weighted by Crippen LogP contribution is 2.40. The minimum Gasteiger partial charge on any atom is -0.300 e. The molecule has 2 aliphatic rings. The average Bonchev–Trinajstić information content (AvgIpc) is 3.19. The van der Waals surface area contributed by atoms with E-state index in [9.17, 15) is 13.6 Å². The van der Waals surface area contributed by atoms with Crippen LogP contribution in [0, 0.1) is 5.92 Å². The van der Waals surface area contributed by atoms with Crippen LogP contribution < -0.4 is 0 Å². The Bertz CT molecular complexity index is 721. The van der Waals surface area contributed by atoms with Crippen molar-refractivity contribution < 1.29 is 13.6 Å². The highest BCUT2D eigenvalue weighted by molar-refractivity contribution is 5.75. The third-order valence-corrected chi connectivity index (χ3v) is 6.59. The van der Waals surface area contributed by atoms with Crippen molar-refractivity contribution in [1.29, 1.82) is 0 Å². The summed E-state index contributed by atoms with van der Waals surface area (Å²) in [5.74, 6) is -2.04. The molecule has 0 bridgehead atoms. The fourth-order valence-corrected chi connectivity index (χ4v) is 5.06. The molecule has 3 heteroatoms. The molecule has 0 spiro atoms. The molecular weight excluding hydrogens is 354 g/mol. The number of alkyl halides is 2. The zero-order chi connectivity index (χ0) is 20.1. The summed E-state index contributed by atoms with van der Waals surface area (Å²) in [4.78, 5) is 11.3. The van der Waals surface area contributed by atoms with Gasteiger partial charge in [-0.15, -0.1) is 0 Å². The van der Waals surface area contributed by atoms with Gasteiger partial charge >= 0.3 is 0 Å². The lowest BCUT2D eigenvalue weighted by Gasteiger charge is -2.25. The molecule has 0 saturated heterocycles. The number of ketones is 1. The van der Waals surface area contributed by atoms with Crippen LogP contribution in [0.2, 0.25) is 0 Å². The monoisotopic (exact) mass is 388 g/mol. The van der Waals surface area contributed by atoms with Gasteiger partial charge in [0.05, 0.1) is 0 Å². The van der Waals surface area contributed by atoms with Crippen LogP contribution in [0.4, 0.5) is 8.78 Å². The van der Waals surface area contributed by atoms with E-state index in [1.54, 1.807) is 17.2 Å². The van der Waals surface area contributed by atoms with Crippen molar-refractivity contribution in [2.75, 3.05) is 0 Å². The number of carbonyl (C=O) groups is 1. The highest BCUT2D eigenvalue weighted by Gasteiger charge is 2.28. The van der Waals surface area contributed by atoms with E-state index in [2.05, 4.69) is 0 Å². The maximum atomic E-state index is 14.2. The van der Waals surface area contributed by atoms with Crippen LogP contribution in [0.15, 0.2) is 29.3 Å². The van der Waals surface area contributed by atoms with Gasteiger partial charge in [0.2, 0.25) is 0 Å². The molecule has 1 fully saturated rings. The van der Waals surface area contributed by atoms with Crippen molar-refractivity contribution in [3.8, 4) is 0 Å². The molecule has 2 aliphatic carbocycles.